The second kappa shape index (κ2) is 3.59. The van der Waals surface area contributed by atoms with E-state index in [1.165, 1.54) is 16.7 Å². The summed E-state index contributed by atoms with van der Waals surface area (Å²) in [4.78, 5) is 0. The van der Waals surface area contributed by atoms with Gasteiger partial charge in [-0.2, -0.15) is 0 Å². The van der Waals surface area contributed by atoms with E-state index in [9.17, 15) is 0 Å². The van der Waals surface area contributed by atoms with Gasteiger partial charge in [0.25, 0.3) is 0 Å². The zero-order chi connectivity index (χ0) is 8.27. The smallest absolute Gasteiger partial charge is 0.00485 e. The summed E-state index contributed by atoms with van der Waals surface area (Å²) in [6.45, 7) is 4.15. The summed E-state index contributed by atoms with van der Waals surface area (Å²) in [5, 5.41) is 0. The third-order valence-electron chi connectivity index (χ3n) is 1.68. The molecule has 0 radical (unpaired) electrons. The van der Waals surface area contributed by atoms with Crippen molar-refractivity contribution >= 4 is 17.7 Å². The monoisotopic (exact) mass is 166 g/mol. The lowest BCUT2D eigenvalue weighted by atomic mass is 10.1. The molecule has 0 unspecified atom stereocenters. The lowest BCUT2D eigenvalue weighted by Gasteiger charge is -2.00. The molecular weight excluding hydrogens is 156 g/mol. The maximum Gasteiger partial charge on any atom is 0.00485 e. The van der Waals surface area contributed by atoms with E-state index < -0.39 is 0 Å². The van der Waals surface area contributed by atoms with Gasteiger partial charge in [-0.05, 0) is 31.1 Å². The fourth-order valence-corrected chi connectivity index (χ4v) is 1.14. The first-order valence-electron chi connectivity index (χ1n) is 3.58. The van der Waals surface area contributed by atoms with E-state index in [0.29, 0.717) is 0 Å². The Kier molecular flexibility index (Phi) is 2.72. The Balaban J connectivity index is 3.12. The summed E-state index contributed by atoms with van der Waals surface area (Å²) in [5.74, 6) is 0. The average Bonchev–Trinajstić information content (AvgIpc) is 1.98. The number of hydrogen-bond acceptors (Lipinski definition) is 0. The molecule has 0 saturated carbocycles. The molecule has 1 aromatic rings. The quantitative estimate of drug-likeness (QED) is 0.599. The summed E-state index contributed by atoms with van der Waals surface area (Å²) in [6, 6.07) is 6.32. The summed E-state index contributed by atoms with van der Waals surface area (Å²) in [5.41, 5.74) is 5.26. The lowest BCUT2D eigenvalue weighted by Crippen LogP contribution is -1.80. The molecule has 0 fully saturated rings. The predicted octanol–water partition coefficient (Wildman–Crippen LogP) is 3.51. The minimum atomic E-state index is 1.19. The molecule has 0 nitrogen and oxygen atoms in total. The maximum atomic E-state index is 5.48. The first-order valence-corrected chi connectivity index (χ1v) is 4.01. The molecule has 0 aliphatic carbocycles. The molecule has 0 aliphatic rings. The zero-order valence-electron chi connectivity index (χ0n) is 6.76. The highest BCUT2D eigenvalue weighted by Crippen LogP contribution is 2.12. The van der Waals surface area contributed by atoms with E-state index in [4.69, 9.17) is 11.6 Å². The Bertz CT molecular complexity index is 274. The van der Waals surface area contributed by atoms with Crippen molar-refractivity contribution in [2.45, 2.75) is 13.8 Å². The Morgan fingerprint density at radius 1 is 1.27 bits per heavy atom. The number of rotatable bonds is 1. The SMILES string of the molecule is Cc1ccc(C)c(/C=C\Cl)c1. The highest BCUT2D eigenvalue weighted by atomic mass is 35.5. The van der Waals surface area contributed by atoms with Gasteiger partial charge in [0.2, 0.25) is 0 Å². The van der Waals surface area contributed by atoms with Gasteiger partial charge in [0.15, 0.2) is 0 Å². The molecule has 58 valence electrons. The van der Waals surface area contributed by atoms with Gasteiger partial charge in [-0.1, -0.05) is 35.4 Å². The van der Waals surface area contributed by atoms with Crippen molar-refractivity contribution in [2.75, 3.05) is 0 Å². The predicted molar refractivity (Wildman–Crippen MR) is 50.8 cm³/mol. The molecule has 1 heteroatoms. The number of hydrogen-bond donors (Lipinski definition) is 0. The second-order valence-corrected chi connectivity index (χ2v) is 2.90. The molecule has 0 aliphatic heterocycles. The zero-order valence-corrected chi connectivity index (χ0v) is 7.52. The third kappa shape index (κ3) is 2.09. The van der Waals surface area contributed by atoms with Crippen LogP contribution in [0.15, 0.2) is 23.7 Å². The van der Waals surface area contributed by atoms with Gasteiger partial charge in [0.05, 0.1) is 0 Å². The Hall–Kier alpha value is -0.750. The van der Waals surface area contributed by atoms with Crippen LogP contribution >= 0.6 is 11.6 Å². The van der Waals surface area contributed by atoms with Crippen molar-refractivity contribution in [3.8, 4) is 0 Å². The van der Waals surface area contributed by atoms with Crippen molar-refractivity contribution in [3.63, 3.8) is 0 Å². The van der Waals surface area contributed by atoms with Crippen LogP contribution in [0.4, 0.5) is 0 Å². The van der Waals surface area contributed by atoms with E-state index in [1.807, 2.05) is 6.08 Å². The van der Waals surface area contributed by atoms with Crippen LogP contribution in [-0.2, 0) is 0 Å². The van der Waals surface area contributed by atoms with Crippen LogP contribution in [-0.4, -0.2) is 0 Å². The molecule has 0 N–H and O–H groups in total. The Labute approximate surface area is 72.5 Å². The van der Waals surface area contributed by atoms with Crippen molar-refractivity contribution in [2.24, 2.45) is 0 Å². The van der Waals surface area contributed by atoms with Crippen molar-refractivity contribution in [1.29, 1.82) is 0 Å². The third-order valence-corrected chi connectivity index (χ3v) is 1.80. The van der Waals surface area contributed by atoms with Crippen LogP contribution in [0.25, 0.3) is 6.08 Å². The fourth-order valence-electron chi connectivity index (χ4n) is 1.01. The normalized spacial score (nSPS) is 10.8. The summed E-state index contributed by atoms with van der Waals surface area (Å²) < 4.78 is 0. The molecule has 0 atom stereocenters. The van der Waals surface area contributed by atoms with Crippen LogP contribution in [0.2, 0.25) is 0 Å². The van der Waals surface area contributed by atoms with E-state index in [1.54, 1.807) is 5.54 Å². The van der Waals surface area contributed by atoms with Gasteiger partial charge >= 0.3 is 0 Å². The number of halogens is 1. The number of benzene rings is 1. The van der Waals surface area contributed by atoms with E-state index in [-0.39, 0.29) is 0 Å². The molecule has 0 amide bonds. The molecule has 1 aromatic carbocycles. The Morgan fingerprint density at radius 3 is 2.64 bits per heavy atom. The van der Waals surface area contributed by atoms with Gasteiger partial charge < -0.3 is 0 Å². The largest absolute Gasteiger partial charge is 0.0929 e. The van der Waals surface area contributed by atoms with Crippen molar-refractivity contribution < 1.29 is 0 Å². The second-order valence-electron chi connectivity index (χ2n) is 2.65. The van der Waals surface area contributed by atoms with Gasteiger partial charge in [0, 0.05) is 5.54 Å². The first kappa shape index (κ1) is 8.35. The molecule has 11 heavy (non-hydrogen) atoms. The molecule has 0 bridgehead atoms. The summed E-state index contributed by atoms with van der Waals surface area (Å²) in [6.07, 6.45) is 1.91. The van der Waals surface area contributed by atoms with Gasteiger partial charge in [0.1, 0.15) is 0 Å². The standard InChI is InChI=1S/C10H11Cl/c1-8-3-4-9(2)10(7-8)5-6-11/h3-7H,1-2H3/b6-5-. The van der Waals surface area contributed by atoms with Gasteiger partial charge in [-0.3, -0.25) is 0 Å². The van der Waals surface area contributed by atoms with Crippen LogP contribution in [0, 0.1) is 13.8 Å². The van der Waals surface area contributed by atoms with Crippen molar-refractivity contribution in [1.82, 2.24) is 0 Å². The highest BCUT2D eigenvalue weighted by Gasteiger charge is 1.92. The summed E-state index contributed by atoms with van der Waals surface area (Å²) in [7, 11) is 0. The van der Waals surface area contributed by atoms with Crippen LogP contribution in [0.3, 0.4) is 0 Å². The van der Waals surface area contributed by atoms with Crippen LogP contribution < -0.4 is 0 Å². The molecule has 0 heterocycles. The van der Waals surface area contributed by atoms with Crippen molar-refractivity contribution in [3.05, 3.63) is 40.4 Å². The lowest BCUT2D eigenvalue weighted by molar-refractivity contribution is 1.38. The average molecular weight is 167 g/mol. The van der Waals surface area contributed by atoms with E-state index in [2.05, 4.69) is 32.0 Å². The van der Waals surface area contributed by atoms with Gasteiger partial charge in [-0.15, -0.1) is 0 Å². The number of aryl methyl sites for hydroxylation is 2. The fraction of sp³-hybridized carbons (Fsp3) is 0.200. The molecular formula is C10H11Cl. The molecule has 0 spiro atoms. The van der Waals surface area contributed by atoms with Crippen LogP contribution in [0.5, 0.6) is 0 Å². The minimum absolute atomic E-state index is 1.19. The van der Waals surface area contributed by atoms with Gasteiger partial charge in [-0.25, -0.2) is 0 Å². The van der Waals surface area contributed by atoms with Crippen LogP contribution in [0.1, 0.15) is 16.7 Å². The molecule has 1 rings (SSSR count). The summed E-state index contributed by atoms with van der Waals surface area (Å²) >= 11 is 5.48. The molecule has 0 saturated heterocycles. The van der Waals surface area contributed by atoms with E-state index >= 15 is 0 Å². The molecule has 0 aromatic heterocycles. The first-order chi connectivity index (χ1) is 5.24. The minimum Gasteiger partial charge on any atom is -0.0929 e. The maximum absolute atomic E-state index is 5.48. The highest BCUT2D eigenvalue weighted by molar-refractivity contribution is 6.27. The van der Waals surface area contributed by atoms with E-state index in [0.717, 1.165) is 0 Å². The Morgan fingerprint density at radius 2 is 2.00 bits per heavy atom. The topological polar surface area (TPSA) is 0 Å².